The zero-order chi connectivity index (χ0) is 14.0. The lowest BCUT2D eigenvalue weighted by Crippen LogP contribution is -2.02. The van der Waals surface area contributed by atoms with Crippen molar-refractivity contribution in [1.82, 2.24) is 0 Å². The van der Waals surface area contributed by atoms with Gasteiger partial charge in [-0.2, -0.15) is 0 Å². The first kappa shape index (κ1) is 14.9. The molecule has 0 fully saturated rings. The van der Waals surface area contributed by atoms with E-state index in [-0.39, 0.29) is 5.78 Å². The van der Waals surface area contributed by atoms with Crippen molar-refractivity contribution in [3.63, 3.8) is 0 Å². The van der Waals surface area contributed by atoms with E-state index in [1.54, 1.807) is 12.1 Å². The summed E-state index contributed by atoms with van der Waals surface area (Å²) in [6, 6.07) is 4.94. The minimum Gasteiger partial charge on any atom is -0.492 e. The Balaban J connectivity index is 2.44. The van der Waals surface area contributed by atoms with Crippen molar-refractivity contribution in [2.75, 3.05) is 6.61 Å². The van der Waals surface area contributed by atoms with Gasteiger partial charge in [0, 0.05) is 16.1 Å². The molecule has 0 saturated carbocycles. The van der Waals surface area contributed by atoms with E-state index < -0.39 is 0 Å². The number of hydrogen-bond donors (Lipinski definition) is 0. The van der Waals surface area contributed by atoms with E-state index in [0.29, 0.717) is 32.8 Å². The summed E-state index contributed by atoms with van der Waals surface area (Å²) in [5.41, 5.74) is 0.373. The van der Waals surface area contributed by atoms with Crippen molar-refractivity contribution in [3.05, 3.63) is 48.5 Å². The summed E-state index contributed by atoms with van der Waals surface area (Å²) in [7, 11) is 0. The summed E-state index contributed by atoms with van der Waals surface area (Å²) in [4.78, 5) is 13.0. The van der Waals surface area contributed by atoms with Gasteiger partial charge in [-0.3, -0.25) is 4.79 Å². The zero-order valence-electron chi connectivity index (χ0n) is 9.88. The van der Waals surface area contributed by atoms with Crippen molar-refractivity contribution < 1.29 is 9.53 Å². The summed E-state index contributed by atoms with van der Waals surface area (Å²) in [5, 5.41) is 2.54. The van der Waals surface area contributed by atoms with Crippen LogP contribution in [-0.2, 0) is 0 Å². The van der Waals surface area contributed by atoms with E-state index in [1.807, 2.05) is 18.4 Å². The molecule has 0 atom stereocenters. The Labute approximate surface area is 133 Å². The first-order valence-corrected chi connectivity index (χ1v) is 7.87. The van der Waals surface area contributed by atoms with E-state index >= 15 is 0 Å². The molecule has 6 heteroatoms. The number of hydrogen-bond acceptors (Lipinski definition) is 3. The third kappa shape index (κ3) is 3.14. The Morgan fingerprint density at radius 2 is 2.11 bits per heavy atom. The quantitative estimate of drug-likeness (QED) is 0.660. The molecule has 0 unspecified atom stereocenters. The molecule has 2 rings (SSSR count). The molecule has 0 saturated heterocycles. The van der Waals surface area contributed by atoms with Crippen LogP contribution in [0.15, 0.2) is 28.1 Å². The summed E-state index contributed by atoms with van der Waals surface area (Å²) in [6.45, 7) is 2.34. The fourth-order valence-corrected chi connectivity index (χ4v) is 3.51. The standard InChI is InChI=1S/C13H9BrCl2O2S/c1-2-18-11-6-9(15)7(5-10(11)16)12(17)13-8(14)3-4-19-13/h3-6H,2H2,1H3. The number of thiophene rings is 1. The van der Waals surface area contributed by atoms with E-state index in [2.05, 4.69) is 15.9 Å². The van der Waals surface area contributed by atoms with Gasteiger partial charge in [-0.15, -0.1) is 11.3 Å². The molecule has 2 aromatic rings. The molecule has 1 aromatic heterocycles. The Hall–Kier alpha value is -0.550. The molecule has 1 heterocycles. The molecular weight excluding hydrogens is 371 g/mol. The monoisotopic (exact) mass is 378 g/mol. The average Bonchev–Trinajstić information content (AvgIpc) is 2.79. The molecule has 19 heavy (non-hydrogen) atoms. The SMILES string of the molecule is CCOc1cc(Cl)c(C(=O)c2sccc2Br)cc1Cl. The Bertz CT molecular complexity index is 625. The molecule has 2 nitrogen and oxygen atoms in total. The molecule has 0 radical (unpaired) electrons. The lowest BCUT2D eigenvalue weighted by Gasteiger charge is -2.09. The molecule has 0 N–H and O–H groups in total. The van der Waals surface area contributed by atoms with Crippen LogP contribution < -0.4 is 4.74 Å². The van der Waals surface area contributed by atoms with Gasteiger partial charge in [0.2, 0.25) is 5.78 Å². The van der Waals surface area contributed by atoms with Crippen molar-refractivity contribution in [1.29, 1.82) is 0 Å². The van der Waals surface area contributed by atoms with Crippen molar-refractivity contribution in [2.24, 2.45) is 0 Å². The van der Waals surface area contributed by atoms with Gasteiger partial charge in [-0.1, -0.05) is 23.2 Å². The minimum atomic E-state index is -0.156. The van der Waals surface area contributed by atoms with Gasteiger partial charge in [0.25, 0.3) is 0 Å². The van der Waals surface area contributed by atoms with Gasteiger partial charge in [0.05, 0.1) is 21.5 Å². The topological polar surface area (TPSA) is 26.3 Å². The number of benzene rings is 1. The summed E-state index contributed by atoms with van der Waals surface area (Å²) in [6.07, 6.45) is 0. The van der Waals surface area contributed by atoms with Crippen LogP contribution in [0.4, 0.5) is 0 Å². The Morgan fingerprint density at radius 1 is 1.37 bits per heavy atom. The highest BCUT2D eigenvalue weighted by Crippen LogP contribution is 2.34. The largest absolute Gasteiger partial charge is 0.492 e. The first-order chi connectivity index (χ1) is 9.04. The second kappa shape index (κ2) is 6.27. The van der Waals surface area contributed by atoms with Gasteiger partial charge in [0.1, 0.15) is 5.75 Å². The third-order valence-electron chi connectivity index (χ3n) is 2.39. The number of carbonyl (C=O) groups excluding carboxylic acids is 1. The molecule has 0 aliphatic carbocycles. The highest BCUT2D eigenvalue weighted by molar-refractivity contribution is 9.10. The number of halogens is 3. The van der Waals surface area contributed by atoms with Crippen LogP contribution in [-0.4, -0.2) is 12.4 Å². The molecule has 0 aliphatic heterocycles. The zero-order valence-corrected chi connectivity index (χ0v) is 13.8. The second-order valence-electron chi connectivity index (χ2n) is 3.62. The van der Waals surface area contributed by atoms with Gasteiger partial charge < -0.3 is 4.74 Å². The maximum Gasteiger partial charge on any atom is 0.205 e. The highest BCUT2D eigenvalue weighted by Gasteiger charge is 2.19. The predicted molar refractivity (Wildman–Crippen MR) is 83.1 cm³/mol. The average molecular weight is 380 g/mol. The fraction of sp³-hybridized carbons (Fsp3) is 0.154. The molecular formula is C13H9BrCl2O2S. The number of ether oxygens (including phenoxy) is 1. The lowest BCUT2D eigenvalue weighted by atomic mass is 10.1. The minimum absolute atomic E-state index is 0.156. The van der Waals surface area contributed by atoms with Gasteiger partial charge >= 0.3 is 0 Å². The Morgan fingerprint density at radius 3 is 2.68 bits per heavy atom. The molecule has 100 valence electrons. The van der Waals surface area contributed by atoms with Crippen LogP contribution in [0.25, 0.3) is 0 Å². The number of ketones is 1. The second-order valence-corrected chi connectivity index (χ2v) is 6.21. The third-order valence-corrected chi connectivity index (χ3v) is 4.83. The fourth-order valence-electron chi connectivity index (χ4n) is 1.55. The van der Waals surface area contributed by atoms with Crippen LogP contribution in [0, 0.1) is 0 Å². The number of rotatable bonds is 4. The van der Waals surface area contributed by atoms with Crippen LogP contribution >= 0.6 is 50.5 Å². The van der Waals surface area contributed by atoms with Crippen molar-refractivity contribution in [2.45, 2.75) is 6.92 Å². The van der Waals surface area contributed by atoms with Crippen LogP contribution in [0.3, 0.4) is 0 Å². The predicted octanol–water partition coefficient (Wildman–Crippen LogP) is 5.45. The van der Waals surface area contributed by atoms with Gasteiger partial charge in [0.15, 0.2) is 0 Å². The normalized spacial score (nSPS) is 10.5. The van der Waals surface area contributed by atoms with Crippen molar-refractivity contribution >= 4 is 56.3 Å². The summed E-state index contributed by atoms with van der Waals surface area (Å²) < 4.78 is 6.09. The van der Waals surface area contributed by atoms with E-state index in [9.17, 15) is 4.79 Å². The lowest BCUT2D eigenvalue weighted by molar-refractivity contribution is 0.104. The van der Waals surface area contributed by atoms with Crippen LogP contribution in [0.1, 0.15) is 22.2 Å². The van der Waals surface area contributed by atoms with Gasteiger partial charge in [-0.25, -0.2) is 0 Å². The van der Waals surface area contributed by atoms with Gasteiger partial charge in [-0.05, 0) is 40.4 Å². The van der Waals surface area contributed by atoms with Crippen LogP contribution in [0.2, 0.25) is 10.0 Å². The summed E-state index contributed by atoms with van der Waals surface area (Å²) in [5.74, 6) is 0.327. The van der Waals surface area contributed by atoms with E-state index in [1.165, 1.54) is 11.3 Å². The number of carbonyl (C=O) groups is 1. The highest BCUT2D eigenvalue weighted by atomic mass is 79.9. The maximum absolute atomic E-state index is 12.4. The summed E-state index contributed by atoms with van der Waals surface area (Å²) >= 11 is 16.9. The van der Waals surface area contributed by atoms with E-state index in [4.69, 9.17) is 27.9 Å². The molecule has 0 bridgehead atoms. The molecule has 1 aromatic carbocycles. The molecule has 0 spiro atoms. The molecule has 0 amide bonds. The Kier molecular flexibility index (Phi) is 4.90. The van der Waals surface area contributed by atoms with Crippen LogP contribution in [0.5, 0.6) is 5.75 Å². The van der Waals surface area contributed by atoms with Crippen molar-refractivity contribution in [3.8, 4) is 5.75 Å². The molecule has 0 aliphatic rings. The van der Waals surface area contributed by atoms with E-state index in [0.717, 1.165) is 4.47 Å². The first-order valence-electron chi connectivity index (χ1n) is 5.44. The maximum atomic E-state index is 12.4. The smallest absolute Gasteiger partial charge is 0.205 e.